The summed E-state index contributed by atoms with van der Waals surface area (Å²) < 4.78 is 17.0. The molecular weight excluding hydrogens is 497 g/mol. The zero-order valence-corrected chi connectivity index (χ0v) is 22.0. The number of fused-ring (bicyclic) bond motifs is 1. The highest BCUT2D eigenvalue weighted by molar-refractivity contribution is 7.99. The van der Waals surface area contributed by atoms with Gasteiger partial charge in [0.1, 0.15) is 11.5 Å². The maximum atomic E-state index is 14.1. The number of carbonyl (C=O) groups is 2. The van der Waals surface area contributed by atoms with Gasteiger partial charge in [-0.1, -0.05) is 0 Å². The van der Waals surface area contributed by atoms with Crippen molar-refractivity contribution in [3.05, 3.63) is 38.9 Å². The molecule has 0 radical (unpaired) electrons. The van der Waals surface area contributed by atoms with Crippen LogP contribution in [0.25, 0.3) is 11.0 Å². The number of hydrogen-bond acceptors (Lipinski definition) is 6. The minimum absolute atomic E-state index is 0.00782. The molecule has 2 aromatic rings. The number of amides is 2. The van der Waals surface area contributed by atoms with Gasteiger partial charge in [0.2, 0.25) is 11.8 Å². The molecule has 11 heteroatoms. The van der Waals surface area contributed by atoms with E-state index in [4.69, 9.17) is 0 Å². The Labute approximate surface area is 218 Å². The molecule has 5 rings (SSSR count). The summed E-state index contributed by atoms with van der Waals surface area (Å²) in [5.74, 6) is 1.01. The normalized spacial score (nSPS) is 25.2. The van der Waals surface area contributed by atoms with Crippen LogP contribution >= 0.6 is 11.8 Å². The molecule has 1 saturated carbocycles. The lowest BCUT2D eigenvalue weighted by molar-refractivity contribution is -0.134. The van der Waals surface area contributed by atoms with Crippen LogP contribution < -0.4 is 16.6 Å². The number of halogens is 1. The van der Waals surface area contributed by atoms with E-state index in [1.807, 2.05) is 11.8 Å². The monoisotopic (exact) mass is 531 g/mol. The Morgan fingerprint density at radius 1 is 1.03 bits per heavy atom. The van der Waals surface area contributed by atoms with Gasteiger partial charge in [-0.2, -0.15) is 11.8 Å². The van der Waals surface area contributed by atoms with Crippen molar-refractivity contribution in [1.82, 2.24) is 24.3 Å². The Hall–Kier alpha value is -2.69. The van der Waals surface area contributed by atoms with Gasteiger partial charge in [0, 0.05) is 38.1 Å². The summed E-state index contributed by atoms with van der Waals surface area (Å²) in [5.41, 5.74) is -0.599. The molecule has 2 saturated heterocycles. The molecule has 0 bridgehead atoms. The Morgan fingerprint density at radius 3 is 2.43 bits per heavy atom. The second-order valence-electron chi connectivity index (χ2n) is 10.5. The first-order valence-electron chi connectivity index (χ1n) is 13.3. The van der Waals surface area contributed by atoms with E-state index < -0.39 is 11.4 Å². The van der Waals surface area contributed by atoms with Gasteiger partial charge < -0.3 is 10.2 Å². The third kappa shape index (κ3) is 5.32. The van der Waals surface area contributed by atoms with E-state index in [-0.39, 0.29) is 52.6 Å². The Morgan fingerprint density at radius 2 is 1.73 bits per heavy atom. The average Bonchev–Trinajstić information content (AvgIpc) is 2.91. The second kappa shape index (κ2) is 11.0. The van der Waals surface area contributed by atoms with Gasteiger partial charge in [0.25, 0.3) is 5.56 Å². The lowest BCUT2D eigenvalue weighted by Gasteiger charge is -2.34. The molecule has 2 amide bonds. The van der Waals surface area contributed by atoms with Crippen LogP contribution in [0.15, 0.2) is 21.9 Å². The van der Waals surface area contributed by atoms with E-state index in [0.29, 0.717) is 38.8 Å². The van der Waals surface area contributed by atoms with Crippen molar-refractivity contribution in [3.63, 3.8) is 0 Å². The molecule has 4 heterocycles. The molecule has 2 aromatic heterocycles. The van der Waals surface area contributed by atoms with Crippen LogP contribution in [0.4, 0.5) is 4.39 Å². The quantitative estimate of drug-likeness (QED) is 0.650. The first kappa shape index (κ1) is 25.9. The van der Waals surface area contributed by atoms with Gasteiger partial charge in [-0.25, -0.2) is 14.2 Å². The molecule has 9 nitrogen and oxygen atoms in total. The number of carbonyl (C=O) groups excluding carboxylic acids is 2. The van der Waals surface area contributed by atoms with Crippen molar-refractivity contribution in [1.29, 1.82) is 0 Å². The number of likely N-dealkylation sites (tertiary alicyclic amines) is 1. The third-order valence-electron chi connectivity index (χ3n) is 8.12. The van der Waals surface area contributed by atoms with E-state index in [0.717, 1.165) is 43.4 Å². The summed E-state index contributed by atoms with van der Waals surface area (Å²) in [6.07, 6.45) is 6.68. The standard InChI is InChI=1S/C26H34FN5O4S/c1-16(33)30-10-2-3-17(15-30)24(34)29-19-4-6-20(7-5-19)32-25(35)22-13-18(27)14-28-23(22)31(26(32)36)21-8-11-37-12-9-21/h13-14,17,19-21H,2-12,15H2,1H3,(H,29,34)/t17?,19-,20+. The van der Waals surface area contributed by atoms with Crippen molar-refractivity contribution in [3.8, 4) is 0 Å². The van der Waals surface area contributed by atoms with Crippen molar-refractivity contribution in [2.45, 2.75) is 76.4 Å². The molecule has 1 unspecified atom stereocenters. The average molecular weight is 532 g/mol. The molecule has 3 aliphatic rings. The largest absolute Gasteiger partial charge is 0.353 e. The van der Waals surface area contributed by atoms with Crippen LogP contribution in [0.5, 0.6) is 0 Å². The number of pyridine rings is 1. The molecule has 0 aromatic carbocycles. The van der Waals surface area contributed by atoms with Crippen LogP contribution in [-0.4, -0.2) is 61.5 Å². The molecule has 1 N–H and O–H groups in total. The summed E-state index contributed by atoms with van der Waals surface area (Å²) in [7, 11) is 0. The van der Waals surface area contributed by atoms with E-state index >= 15 is 0 Å². The van der Waals surface area contributed by atoms with Gasteiger partial charge in [-0.05, 0) is 68.9 Å². The molecule has 200 valence electrons. The minimum atomic E-state index is -0.599. The van der Waals surface area contributed by atoms with Crippen molar-refractivity contribution >= 4 is 34.6 Å². The van der Waals surface area contributed by atoms with Gasteiger partial charge >= 0.3 is 5.69 Å². The maximum Gasteiger partial charge on any atom is 0.333 e. The number of piperidine rings is 1. The third-order valence-corrected chi connectivity index (χ3v) is 9.17. The van der Waals surface area contributed by atoms with Crippen molar-refractivity contribution in [2.24, 2.45) is 5.92 Å². The lowest BCUT2D eigenvalue weighted by atomic mass is 9.89. The molecule has 1 atom stereocenters. The van der Waals surface area contributed by atoms with Crippen molar-refractivity contribution in [2.75, 3.05) is 24.6 Å². The first-order valence-corrected chi connectivity index (χ1v) is 14.4. The highest BCUT2D eigenvalue weighted by Gasteiger charge is 2.32. The summed E-state index contributed by atoms with van der Waals surface area (Å²) in [5, 5.41) is 3.28. The van der Waals surface area contributed by atoms with Crippen molar-refractivity contribution < 1.29 is 14.0 Å². The van der Waals surface area contributed by atoms with E-state index in [1.165, 1.54) is 17.6 Å². The summed E-state index contributed by atoms with van der Waals surface area (Å²) in [6.45, 7) is 2.68. The predicted molar refractivity (Wildman–Crippen MR) is 140 cm³/mol. The van der Waals surface area contributed by atoms with Crippen LogP contribution in [0.3, 0.4) is 0 Å². The fraction of sp³-hybridized carbons (Fsp3) is 0.654. The number of rotatable bonds is 4. The highest BCUT2D eigenvalue weighted by atomic mass is 32.2. The lowest BCUT2D eigenvalue weighted by Crippen LogP contribution is -2.49. The number of nitrogens with zero attached hydrogens (tertiary/aromatic N) is 4. The Balaban J connectivity index is 1.34. The maximum absolute atomic E-state index is 14.1. The van der Waals surface area contributed by atoms with Gasteiger partial charge in [0.05, 0.1) is 17.5 Å². The Kier molecular flexibility index (Phi) is 7.69. The molecule has 2 aliphatic heterocycles. The number of hydrogen-bond donors (Lipinski definition) is 1. The predicted octanol–water partition coefficient (Wildman–Crippen LogP) is 2.62. The highest BCUT2D eigenvalue weighted by Crippen LogP contribution is 2.30. The smallest absolute Gasteiger partial charge is 0.333 e. The van der Waals surface area contributed by atoms with E-state index in [9.17, 15) is 23.6 Å². The number of aromatic nitrogens is 3. The van der Waals surface area contributed by atoms with Gasteiger partial charge in [0.15, 0.2) is 0 Å². The number of nitrogens with one attached hydrogen (secondary N) is 1. The fourth-order valence-corrected chi connectivity index (χ4v) is 7.16. The van der Waals surface area contributed by atoms with E-state index in [2.05, 4.69) is 10.3 Å². The van der Waals surface area contributed by atoms with Crippen LogP contribution in [0, 0.1) is 11.7 Å². The second-order valence-corrected chi connectivity index (χ2v) is 11.7. The van der Waals surface area contributed by atoms with Crippen LogP contribution in [-0.2, 0) is 9.59 Å². The van der Waals surface area contributed by atoms with Crippen LogP contribution in [0.1, 0.15) is 70.4 Å². The molecular formula is C26H34FN5O4S. The first-order chi connectivity index (χ1) is 17.8. The summed E-state index contributed by atoms with van der Waals surface area (Å²) in [4.78, 5) is 57.7. The Bertz CT molecular complexity index is 1300. The molecule has 0 spiro atoms. The topological polar surface area (TPSA) is 106 Å². The zero-order chi connectivity index (χ0) is 26.1. The van der Waals surface area contributed by atoms with Crippen LogP contribution in [0.2, 0.25) is 0 Å². The SMILES string of the molecule is CC(=O)N1CCCC(C(=O)N[C@H]2CC[C@@H](n3c(=O)c4cc(F)cnc4n(C4CCSCC4)c3=O)CC2)C1. The molecule has 3 fully saturated rings. The summed E-state index contributed by atoms with van der Waals surface area (Å²) in [6, 6.07) is 0.772. The zero-order valence-electron chi connectivity index (χ0n) is 21.2. The van der Waals surface area contributed by atoms with Gasteiger partial charge in [-0.15, -0.1) is 0 Å². The minimum Gasteiger partial charge on any atom is -0.353 e. The number of thioether (sulfide) groups is 1. The fourth-order valence-electron chi connectivity index (χ4n) is 6.07. The molecule has 37 heavy (non-hydrogen) atoms. The molecule has 1 aliphatic carbocycles. The summed E-state index contributed by atoms with van der Waals surface area (Å²) >= 11 is 1.84. The van der Waals surface area contributed by atoms with E-state index in [1.54, 1.807) is 9.47 Å². The van der Waals surface area contributed by atoms with Gasteiger partial charge in [-0.3, -0.25) is 23.5 Å².